The average Bonchev–Trinajstić information content (AvgIpc) is 2.99. The standard InChI is InChI=1S/C17H18FN3O3/c1-17(16(23)24,11-5-7-12(18)8-6-11)20-15(22)13-10-19-21-9-3-2-4-14(13)21/h5-8,10H,2-4,9H2,1H3,(H,20,22)(H,23,24). The van der Waals surface area contributed by atoms with Gasteiger partial charge in [-0.15, -0.1) is 0 Å². The first-order chi connectivity index (χ1) is 11.4. The number of aliphatic carboxylic acids is 1. The van der Waals surface area contributed by atoms with Gasteiger partial charge in [0.25, 0.3) is 5.91 Å². The molecule has 2 aromatic rings. The van der Waals surface area contributed by atoms with E-state index in [9.17, 15) is 19.1 Å². The molecular formula is C17H18FN3O3. The molecule has 3 rings (SSSR count). The van der Waals surface area contributed by atoms with Gasteiger partial charge in [0.05, 0.1) is 17.5 Å². The van der Waals surface area contributed by atoms with Crippen LogP contribution in [0.3, 0.4) is 0 Å². The second kappa shape index (κ2) is 6.07. The molecule has 0 radical (unpaired) electrons. The van der Waals surface area contributed by atoms with Crippen molar-refractivity contribution in [2.45, 2.75) is 38.3 Å². The van der Waals surface area contributed by atoms with Crippen LogP contribution in [-0.2, 0) is 23.3 Å². The molecule has 2 N–H and O–H groups in total. The van der Waals surface area contributed by atoms with Gasteiger partial charge in [0.1, 0.15) is 5.82 Å². The summed E-state index contributed by atoms with van der Waals surface area (Å²) in [6, 6.07) is 5.06. The van der Waals surface area contributed by atoms with Crippen molar-refractivity contribution in [3.05, 3.63) is 53.1 Å². The molecule has 1 aromatic carbocycles. The molecule has 0 spiro atoms. The summed E-state index contributed by atoms with van der Waals surface area (Å²) >= 11 is 0. The maximum atomic E-state index is 13.1. The van der Waals surface area contributed by atoms with E-state index in [2.05, 4.69) is 10.4 Å². The molecule has 1 aromatic heterocycles. The predicted molar refractivity (Wildman–Crippen MR) is 84.0 cm³/mol. The average molecular weight is 331 g/mol. The van der Waals surface area contributed by atoms with Crippen LogP contribution in [0, 0.1) is 5.82 Å². The van der Waals surface area contributed by atoms with Gasteiger partial charge in [0.2, 0.25) is 0 Å². The Morgan fingerprint density at radius 3 is 2.67 bits per heavy atom. The minimum absolute atomic E-state index is 0.297. The van der Waals surface area contributed by atoms with Gasteiger partial charge in [-0.25, -0.2) is 9.18 Å². The van der Waals surface area contributed by atoms with Crippen molar-refractivity contribution in [2.75, 3.05) is 0 Å². The third kappa shape index (κ3) is 2.77. The molecule has 1 atom stereocenters. The molecule has 1 aliphatic rings. The third-order valence-corrected chi connectivity index (χ3v) is 4.44. The van der Waals surface area contributed by atoms with Gasteiger partial charge in [-0.05, 0) is 43.9 Å². The number of carbonyl (C=O) groups is 2. The molecule has 1 aliphatic heterocycles. The van der Waals surface area contributed by atoms with E-state index in [4.69, 9.17) is 0 Å². The Labute approximate surface area is 138 Å². The van der Waals surface area contributed by atoms with Gasteiger partial charge in [0, 0.05) is 6.54 Å². The van der Waals surface area contributed by atoms with Crippen molar-refractivity contribution in [1.82, 2.24) is 15.1 Å². The number of aryl methyl sites for hydroxylation is 1. The molecule has 1 unspecified atom stereocenters. The number of carboxylic acids is 1. The number of hydrogen-bond acceptors (Lipinski definition) is 3. The lowest BCUT2D eigenvalue weighted by Crippen LogP contribution is -2.49. The van der Waals surface area contributed by atoms with Gasteiger partial charge in [-0.2, -0.15) is 5.10 Å². The van der Waals surface area contributed by atoms with Crippen LogP contribution < -0.4 is 5.32 Å². The van der Waals surface area contributed by atoms with Crippen molar-refractivity contribution in [2.24, 2.45) is 0 Å². The fraction of sp³-hybridized carbons (Fsp3) is 0.353. The second-order valence-corrected chi connectivity index (χ2v) is 6.08. The van der Waals surface area contributed by atoms with Crippen LogP contribution >= 0.6 is 0 Å². The van der Waals surface area contributed by atoms with Crippen molar-refractivity contribution >= 4 is 11.9 Å². The number of nitrogens with zero attached hydrogens (tertiary/aromatic N) is 2. The number of carbonyl (C=O) groups excluding carboxylic acids is 1. The van der Waals surface area contributed by atoms with E-state index in [0.717, 1.165) is 31.5 Å². The smallest absolute Gasteiger partial charge is 0.333 e. The topological polar surface area (TPSA) is 84.2 Å². The lowest BCUT2D eigenvalue weighted by atomic mass is 9.91. The van der Waals surface area contributed by atoms with Crippen LogP contribution in [0.5, 0.6) is 0 Å². The minimum atomic E-state index is -1.66. The van der Waals surface area contributed by atoms with Crippen molar-refractivity contribution < 1.29 is 19.1 Å². The van der Waals surface area contributed by atoms with E-state index < -0.39 is 23.2 Å². The molecule has 1 amide bonds. The first-order valence-corrected chi connectivity index (χ1v) is 7.78. The van der Waals surface area contributed by atoms with E-state index in [0.29, 0.717) is 11.1 Å². The van der Waals surface area contributed by atoms with Crippen LogP contribution in [0.2, 0.25) is 0 Å². The van der Waals surface area contributed by atoms with Gasteiger partial charge in [-0.3, -0.25) is 9.48 Å². The normalized spacial score (nSPS) is 16.1. The Kier molecular flexibility index (Phi) is 4.09. The van der Waals surface area contributed by atoms with Crippen molar-refractivity contribution in [3.63, 3.8) is 0 Å². The molecule has 0 aliphatic carbocycles. The summed E-state index contributed by atoms with van der Waals surface area (Å²) in [5.74, 6) is -2.18. The highest BCUT2D eigenvalue weighted by molar-refractivity contribution is 5.98. The zero-order valence-electron chi connectivity index (χ0n) is 13.3. The highest BCUT2D eigenvalue weighted by atomic mass is 19.1. The summed E-state index contributed by atoms with van der Waals surface area (Å²) in [5.41, 5.74) is -0.144. The summed E-state index contributed by atoms with van der Waals surface area (Å²) in [4.78, 5) is 24.4. The Bertz CT molecular complexity index is 785. The van der Waals surface area contributed by atoms with Crippen LogP contribution in [0.1, 0.15) is 41.4 Å². The Hall–Kier alpha value is -2.70. The van der Waals surface area contributed by atoms with E-state index >= 15 is 0 Å². The van der Waals surface area contributed by atoms with Gasteiger partial charge < -0.3 is 10.4 Å². The number of aromatic nitrogens is 2. The number of benzene rings is 1. The third-order valence-electron chi connectivity index (χ3n) is 4.44. The Morgan fingerprint density at radius 2 is 2.00 bits per heavy atom. The summed E-state index contributed by atoms with van der Waals surface area (Å²) in [6.45, 7) is 2.15. The van der Waals surface area contributed by atoms with E-state index in [1.165, 1.54) is 37.4 Å². The summed E-state index contributed by atoms with van der Waals surface area (Å²) < 4.78 is 14.9. The SMILES string of the molecule is CC(NC(=O)c1cnn2c1CCCC2)(C(=O)O)c1ccc(F)cc1. The molecule has 24 heavy (non-hydrogen) atoms. The fourth-order valence-corrected chi connectivity index (χ4v) is 2.94. The van der Waals surface area contributed by atoms with Crippen molar-refractivity contribution in [3.8, 4) is 0 Å². The Balaban J connectivity index is 1.91. The largest absolute Gasteiger partial charge is 0.479 e. The van der Waals surface area contributed by atoms with Gasteiger partial charge >= 0.3 is 5.97 Å². The highest BCUT2D eigenvalue weighted by Gasteiger charge is 2.38. The number of fused-ring (bicyclic) bond motifs is 1. The first-order valence-electron chi connectivity index (χ1n) is 7.78. The van der Waals surface area contributed by atoms with Gasteiger partial charge in [-0.1, -0.05) is 12.1 Å². The summed E-state index contributed by atoms with van der Waals surface area (Å²) in [7, 11) is 0. The first kappa shape index (κ1) is 16.2. The predicted octanol–water partition coefficient (Wildman–Crippen LogP) is 2.09. The number of rotatable bonds is 4. The summed E-state index contributed by atoms with van der Waals surface area (Å²) in [5, 5.41) is 16.4. The maximum Gasteiger partial charge on any atom is 0.333 e. The lowest BCUT2D eigenvalue weighted by molar-refractivity contribution is -0.144. The Morgan fingerprint density at radius 1 is 1.29 bits per heavy atom. The monoisotopic (exact) mass is 331 g/mol. The number of nitrogens with one attached hydrogen (secondary N) is 1. The van der Waals surface area contributed by atoms with Crippen LogP contribution in [0.15, 0.2) is 30.5 Å². The number of hydrogen-bond donors (Lipinski definition) is 2. The second-order valence-electron chi connectivity index (χ2n) is 6.08. The molecular weight excluding hydrogens is 313 g/mol. The number of carboxylic acid groups (broad SMARTS) is 1. The summed E-state index contributed by atoms with van der Waals surface area (Å²) in [6.07, 6.45) is 4.20. The van der Waals surface area contributed by atoms with Crippen LogP contribution in [0.4, 0.5) is 4.39 Å². The fourth-order valence-electron chi connectivity index (χ4n) is 2.94. The van der Waals surface area contributed by atoms with Crippen LogP contribution in [0.25, 0.3) is 0 Å². The molecule has 6 nitrogen and oxygen atoms in total. The molecule has 2 heterocycles. The van der Waals surface area contributed by atoms with E-state index in [1.54, 1.807) is 4.68 Å². The van der Waals surface area contributed by atoms with Crippen molar-refractivity contribution in [1.29, 1.82) is 0 Å². The maximum absolute atomic E-state index is 13.1. The number of amides is 1. The molecule has 0 saturated carbocycles. The molecule has 0 fully saturated rings. The van der Waals surface area contributed by atoms with E-state index in [1.807, 2.05) is 0 Å². The zero-order chi connectivity index (χ0) is 17.3. The van der Waals surface area contributed by atoms with Crippen LogP contribution in [-0.4, -0.2) is 26.8 Å². The molecule has 0 saturated heterocycles. The zero-order valence-corrected chi connectivity index (χ0v) is 13.3. The minimum Gasteiger partial charge on any atom is -0.479 e. The molecule has 7 heteroatoms. The van der Waals surface area contributed by atoms with E-state index in [-0.39, 0.29) is 0 Å². The quantitative estimate of drug-likeness (QED) is 0.898. The highest BCUT2D eigenvalue weighted by Crippen LogP contribution is 2.24. The van der Waals surface area contributed by atoms with Gasteiger partial charge in [0.15, 0.2) is 5.54 Å². The molecule has 0 bridgehead atoms. The molecule has 126 valence electrons. The number of halogens is 1. The lowest BCUT2D eigenvalue weighted by Gasteiger charge is -2.27.